The molecule has 0 spiro atoms. The van der Waals surface area contributed by atoms with Gasteiger partial charge in [0.2, 0.25) is 0 Å². The van der Waals surface area contributed by atoms with Crippen LogP contribution in [0.2, 0.25) is 0 Å². The molecule has 1 saturated heterocycles. The van der Waals surface area contributed by atoms with E-state index in [4.69, 9.17) is 10.5 Å². The summed E-state index contributed by atoms with van der Waals surface area (Å²) in [6.07, 6.45) is -0.0458. The zero-order valence-electron chi connectivity index (χ0n) is 9.70. The van der Waals surface area contributed by atoms with Crippen LogP contribution in [-0.4, -0.2) is 37.7 Å². The summed E-state index contributed by atoms with van der Waals surface area (Å²) in [6, 6.07) is 4.81. The van der Waals surface area contributed by atoms with E-state index in [9.17, 15) is 4.39 Å². The Morgan fingerprint density at radius 2 is 2.35 bits per heavy atom. The molecule has 5 heteroatoms. The summed E-state index contributed by atoms with van der Waals surface area (Å²) >= 11 is 3.40. The number of morpholine rings is 1. The second-order valence-electron chi connectivity index (χ2n) is 4.24. The predicted molar refractivity (Wildman–Crippen MR) is 68.3 cm³/mol. The maximum absolute atomic E-state index is 13.1. The molecule has 0 radical (unpaired) electrons. The van der Waals surface area contributed by atoms with Gasteiger partial charge >= 0.3 is 0 Å². The number of benzene rings is 1. The van der Waals surface area contributed by atoms with Crippen LogP contribution in [0.15, 0.2) is 22.7 Å². The fourth-order valence-corrected chi connectivity index (χ4v) is 2.82. The van der Waals surface area contributed by atoms with Gasteiger partial charge in [-0.05, 0) is 24.7 Å². The molecule has 17 heavy (non-hydrogen) atoms. The van der Waals surface area contributed by atoms with Crippen molar-refractivity contribution in [2.75, 3.05) is 26.7 Å². The van der Waals surface area contributed by atoms with Gasteiger partial charge in [-0.1, -0.05) is 22.0 Å². The normalized spacial score (nSPS) is 26.1. The second kappa shape index (κ2) is 5.44. The van der Waals surface area contributed by atoms with Gasteiger partial charge in [-0.3, -0.25) is 4.90 Å². The molecule has 2 atom stereocenters. The van der Waals surface area contributed by atoms with E-state index in [1.54, 1.807) is 6.07 Å². The molecule has 1 aromatic rings. The number of rotatable bonds is 2. The monoisotopic (exact) mass is 302 g/mol. The Labute approximate surface area is 109 Å². The van der Waals surface area contributed by atoms with Gasteiger partial charge in [0.15, 0.2) is 0 Å². The first kappa shape index (κ1) is 13.0. The zero-order chi connectivity index (χ0) is 12.4. The van der Waals surface area contributed by atoms with Crippen molar-refractivity contribution < 1.29 is 9.13 Å². The largest absolute Gasteiger partial charge is 0.374 e. The lowest BCUT2D eigenvalue weighted by atomic mass is 9.98. The van der Waals surface area contributed by atoms with Crippen molar-refractivity contribution in [1.82, 2.24) is 4.90 Å². The molecule has 1 aromatic carbocycles. The maximum atomic E-state index is 13.1. The Morgan fingerprint density at radius 3 is 3.00 bits per heavy atom. The lowest BCUT2D eigenvalue weighted by molar-refractivity contribution is -0.0579. The van der Waals surface area contributed by atoms with Crippen molar-refractivity contribution in [2.24, 2.45) is 5.73 Å². The summed E-state index contributed by atoms with van der Waals surface area (Å²) in [5.41, 5.74) is 6.75. The highest BCUT2D eigenvalue weighted by atomic mass is 79.9. The minimum atomic E-state index is -0.246. The number of ether oxygens (including phenoxy) is 1. The first-order valence-electron chi connectivity index (χ1n) is 5.60. The Kier molecular flexibility index (Phi) is 4.14. The van der Waals surface area contributed by atoms with E-state index >= 15 is 0 Å². The number of nitrogens with zero attached hydrogens (tertiary/aromatic N) is 1. The second-order valence-corrected chi connectivity index (χ2v) is 5.09. The molecular formula is C12H16BrFN2O. The minimum absolute atomic E-state index is 0.0458. The van der Waals surface area contributed by atoms with Crippen LogP contribution in [0.3, 0.4) is 0 Å². The van der Waals surface area contributed by atoms with E-state index in [1.165, 1.54) is 12.1 Å². The van der Waals surface area contributed by atoms with Crippen LogP contribution in [-0.2, 0) is 4.74 Å². The smallest absolute Gasteiger partial charge is 0.124 e. The topological polar surface area (TPSA) is 38.5 Å². The third-order valence-corrected chi connectivity index (χ3v) is 3.80. The van der Waals surface area contributed by atoms with Crippen molar-refractivity contribution in [2.45, 2.75) is 12.1 Å². The van der Waals surface area contributed by atoms with E-state index in [0.29, 0.717) is 13.2 Å². The first-order valence-corrected chi connectivity index (χ1v) is 6.39. The average molecular weight is 303 g/mol. The molecule has 1 heterocycles. The molecule has 0 saturated carbocycles. The van der Waals surface area contributed by atoms with Crippen LogP contribution in [0.4, 0.5) is 4.39 Å². The molecule has 2 N–H and O–H groups in total. The van der Waals surface area contributed by atoms with Crippen LogP contribution in [0.25, 0.3) is 0 Å². The third-order valence-electron chi connectivity index (χ3n) is 3.12. The van der Waals surface area contributed by atoms with Gasteiger partial charge < -0.3 is 10.5 Å². The minimum Gasteiger partial charge on any atom is -0.374 e. The lowest BCUT2D eigenvalue weighted by Crippen LogP contribution is -2.46. The van der Waals surface area contributed by atoms with Gasteiger partial charge in [0.25, 0.3) is 0 Å². The Hall–Kier alpha value is -0.490. The fraction of sp³-hybridized carbons (Fsp3) is 0.500. The predicted octanol–water partition coefficient (Wildman–Crippen LogP) is 1.92. The van der Waals surface area contributed by atoms with Crippen LogP contribution in [0.5, 0.6) is 0 Å². The summed E-state index contributed by atoms with van der Waals surface area (Å²) in [4.78, 5) is 2.19. The van der Waals surface area contributed by atoms with E-state index in [0.717, 1.165) is 16.6 Å². The van der Waals surface area contributed by atoms with E-state index in [2.05, 4.69) is 20.8 Å². The summed E-state index contributed by atoms with van der Waals surface area (Å²) in [5.74, 6) is -0.246. The molecule has 94 valence electrons. The zero-order valence-corrected chi connectivity index (χ0v) is 11.3. The standard InChI is InChI=1S/C12H16BrFN2O/c1-16-4-5-17-11(7-15)12(16)9-3-2-8(14)6-10(9)13/h2-3,6,11-12H,4-5,7,15H2,1H3. The van der Waals surface area contributed by atoms with E-state index in [-0.39, 0.29) is 18.0 Å². The SMILES string of the molecule is CN1CCOC(CN)C1c1ccc(F)cc1Br. The van der Waals surface area contributed by atoms with Crippen LogP contribution in [0, 0.1) is 5.82 Å². The van der Waals surface area contributed by atoms with Crippen LogP contribution >= 0.6 is 15.9 Å². The van der Waals surface area contributed by atoms with E-state index in [1.807, 2.05) is 7.05 Å². The Morgan fingerprint density at radius 1 is 1.59 bits per heavy atom. The van der Waals surface area contributed by atoms with Gasteiger partial charge in [-0.25, -0.2) is 4.39 Å². The van der Waals surface area contributed by atoms with Crippen molar-refractivity contribution in [3.8, 4) is 0 Å². The molecule has 0 bridgehead atoms. The summed E-state index contributed by atoms with van der Waals surface area (Å²) in [6.45, 7) is 2.00. The molecule has 0 amide bonds. The first-order chi connectivity index (χ1) is 8.13. The Balaban J connectivity index is 2.34. The van der Waals surface area contributed by atoms with Crippen LogP contribution < -0.4 is 5.73 Å². The molecule has 1 fully saturated rings. The molecular weight excluding hydrogens is 287 g/mol. The van der Waals surface area contributed by atoms with Crippen molar-refractivity contribution >= 4 is 15.9 Å². The summed E-state index contributed by atoms with van der Waals surface area (Å²) in [7, 11) is 2.03. The number of halogens is 2. The number of hydrogen-bond acceptors (Lipinski definition) is 3. The van der Waals surface area contributed by atoms with Crippen LogP contribution in [0.1, 0.15) is 11.6 Å². The lowest BCUT2D eigenvalue weighted by Gasteiger charge is -2.39. The van der Waals surface area contributed by atoms with Gasteiger partial charge in [-0.2, -0.15) is 0 Å². The molecule has 1 aliphatic rings. The van der Waals surface area contributed by atoms with Gasteiger partial charge in [0.1, 0.15) is 5.82 Å². The summed E-state index contributed by atoms with van der Waals surface area (Å²) < 4.78 is 19.5. The quantitative estimate of drug-likeness (QED) is 0.907. The molecule has 3 nitrogen and oxygen atoms in total. The summed E-state index contributed by atoms with van der Waals surface area (Å²) in [5, 5.41) is 0. The van der Waals surface area contributed by atoms with Gasteiger partial charge in [-0.15, -0.1) is 0 Å². The highest BCUT2D eigenvalue weighted by Crippen LogP contribution is 2.33. The van der Waals surface area contributed by atoms with Gasteiger partial charge in [0, 0.05) is 17.6 Å². The van der Waals surface area contributed by atoms with Crippen molar-refractivity contribution in [3.63, 3.8) is 0 Å². The number of likely N-dealkylation sites (N-methyl/N-ethyl adjacent to an activating group) is 1. The van der Waals surface area contributed by atoms with E-state index < -0.39 is 0 Å². The highest BCUT2D eigenvalue weighted by molar-refractivity contribution is 9.10. The Bertz CT molecular complexity index is 402. The van der Waals surface area contributed by atoms with Gasteiger partial charge in [0.05, 0.1) is 18.8 Å². The van der Waals surface area contributed by atoms with Crippen molar-refractivity contribution in [3.05, 3.63) is 34.1 Å². The third kappa shape index (κ3) is 2.68. The molecule has 0 aliphatic carbocycles. The fourth-order valence-electron chi connectivity index (χ4n) is 2.24. The molecule has 1 aliphatic heterocycles. The maximum Gasteiger partial charge on any atom is 0.124 e. The molecule has 2 unspecified atom stereocenters. The average Bonchev–Trinajstić information content (AvgIpc) is 2.30. The van der Waals surface area contributed by atoms with Crippen molar-refractivity contribution in [1.29, 1.82) is 0 Å². The molecule has 2 rings (SSSR count). The molecule has 0 aromatic heterocycles. The number of hydrogen-bond donors (Lipinski definition) is 1. The number of nitrogens with two attached hydrogens (primary N) is 1. The highest BCUT2D eigenvalue weighted by Gasteiger charge is 2.31.